The van der Waals surface area contributed by atoms with Gasteiger partial charge in [-0.2, -0.15) is 0 Å². The van der Waals surface area contributed by atoms with Crippen molar-refractivity contribution in [2.75, 3.05) is 14.1 Å². The molecule has 3 aromatic rings. The highest BCUT2D eigenvalue weighted by Gasteiger charge is 2.21. The van der Waals surface area contributed by atoms with Gasteiger partial charge in [0.2, 0.25) is 5.89 Å². The van der Waals surface area contributed by atoms with Crippen molar-refractivity contribution in [3.63, 3.8) is 0 Å². The molecule has 152 valence electrons. The molecule has 0 radical (unpaired) electrons. The molecule has 0 atom stereocenters. The van der Waals surface area contributed by atoms with Gasteiger partial charge in [-0.05, 0) is 63.0 Å². The van der Waals surface area contributed by atoms with Crippen molar-refractivity contribution in [1.82, 2.24) is 9.88 Å². The van der Waals surface area contributed by atoms with Crippen LogP contribution in [0.25, 0.3) is 11.5 Å². The molecule has 1 aromatic heterocycles. The highest BCUT2D eigenvalue weighted by molar-refractivity contribution is 7.90. The molecule has 0 unspecified atom stereocenters. The first kappa shape index (κ1) is 20.8. The van der Waals surface area contributed by atoms with Gasteiger partial charge in [0.05, 0.1) is 16.2 Å². The lowest BCUT2D eigenvalue weighted by Gasteiger charge is -2.10. The van der Waals surface area contributed by atoms with Crippen molar-refractivity contribution >= 4 is 15.8 Å². The molecule has 29 heavy (non-hydrogen) atoms. The molecule has 0 bridgehead atoms. The van der Waals surface area contributed by atoms with Gasteiger partial charge >= 0.3 is 5.97 Å². The lowest BCUT2D eigenvalue weighted by Crippen LogP contribution is -2.11. The van der Waals surface area contributed by atoms with E-state index in [1.807, 2.05) is 19.0 Å². The zero-order valence-electron chi connectivity index (χ0n) is 16.4. The standard InChI is InChI=1S/C21H22N2O5S/c1-14-19(22-20(28-14)16-6-8-17(9-7-16)21(24)25)13-29(26,27)18-10-4-15(5-11-18)12-23(2)3/h4-11H,12-13H2,1-3H3,(H,24,25). The number of hydrogen-bond acceptors (Lipinski definition) is 6. The number of aromatic nitrogens is 1. The molecule has 3 rings (SSSR count). The first-order valence-corrected chi connectivity index (χ1v) is 10.6. The molecule has 1 heterocycles. The molecule has 2 aromatic carbocycles. The van der Waals surface area contributed by atoms with E-state index in [1.54, 1.807) is 43.3 Å². The van der Waals surface area contributed by atoms with Crippen LogP contribution in [0.15, 0.2) is 57.8 Å². The molecule has 0 aliphatic heterocycles. The van der Waals surface area contributed by atoms with E-state index in [1.165, 1.54) is 12.1 Å². The lowest BCUT2D eigenvalue weighted by atomic mass is 10.1. The fourth-order valence-electron chi connectivity index (χ4n) is 2.87. The molecule has 7 nitrogen and oxygen atoms in total. The third-order valence-corrected chi connectivity index (χ3v) is 6.02. The molecule has 1 N–H and O–H groups in total. The zero-order valence-corrected chi connectivity index (χ0v) is 17.2. The number of carbonyl (C=O) groups is 1. The SMILES string of the molecule is Cc1oc(-c2ccc(C(=O)O)cc2)nc1CS(=O)(=O)c1ccc(CN(C)C)cc1. The summed E-state index contributed by atoms with van der Waals surface area (Å²) in [7, 11) is 0.317. The van der Waals surface area contributed by atoms with Crippen LogP contribution in [-0.4, -0.2) is 43.5 Å². The van der Waals surface area contributed by atoms with Crippen LogP contribution in [0, 0.1) is 6.92 Å². The third kappa shape index (κ3) is 4.90. The Balaban J connectivity index is 1.81. The number of aryl methyl sites for hydroxylation is 1. The van der Waals surface area contributed by atoms with Crippen LogP contribution in [-0.2, 0) is 22.1 Å². The average Bonchev–Trinajstić information content (AvgIpc) is 3.01. The van der Waals surface area contributed by atoms with Gasteiger partial charge in [0.1, 0.15) is 11.5 Å². The molecule has 8 heteroatoms. The van der Waals surface area contributed by atoms with Gasteiger partial charge in [-0.3, -0.25) is 0 Å². The van der Waals surface area contributed by atoms with E-state index in [0.29, 0.717) is 17.0 Å². The first-order valence-electron chi connectivity index (χ1n) is 8.92. The monoisotopic (exact) mass is 414 g/mol. The number of hydrogen-bond donors (Lipinski definition) is 1. The van der Waals surface area contributed by atoms with Gasteiger partial charge in [0.15, 0.2) is 9.84 Å². The maximum atomic E-state index is 12.8. The zero-order chi connectivity index (χ0) is 21.2. The summed E-state index contributed by atoms with van der Waals surface area (Å²) < 4.78 is 31.2. The van der Waals surface area contributed by atoms with Crippen molar-refractivity contribution < 1.29 is 22.7 Å². The number of aromatic carboxylic acids is 1. The van der Waals surface area contributed by atoms with Gasteiger partial charge in [-0.25, -0.2) is 18.2 Å². The Bertz CT molecular complexity index is 1110. The molecule has 0 spiro atoms. The van der Waals surface area contributed by atoms with E-state index in [2.05, 4.69) is 4.98 Å². The number of carboxylic acid groups (broad SMARTS) is 1. The van der Waals surface area contributed by atoms with Crippen molar-refractivity contribution in [3.8, 4) is 11.5 Å². The molecule has 0 saturated heterocycles. The minimum Gasteiger partial charge on any atom is -0.478 e. The van der Waals surface area contributed by atoms with Crippen LogP contribution in [0.5, 0.6) is 0 Å². The fraction of sp³-hybridized carbons (Fsp3) is 0.238. The van der Waals surface area contributed by atoms with Gasteiger partial charge in [-0.1, -0.05) is 12.1 Å². The van der Waals surface area contributed by atoms with E-state index < -0.39 is 15.8 Å². The van der Waals surface area contributed by atoms with Crippen molar-refractivity contribution in [2.24, 2.45) is 0 Å². The second-order valence-electron chi connectivity index (χ2n) is 7.05. The lowest BCUT2D eigenvalue weighted by molar-refractivity contribution is 0.0697. The number of carboxylic acids is 1. The number of nitrogens with zero attached hydrogens (tertiary/aromatic N) is 2. The van der Waals surface area contributed by atoms with Crippen LogP contribution in [0.3, 0.4) is 0 Å². The molecule has 0 aliphatic carbocycles. The second kappa shape index (κ2) is 8.18. The average molecular weight is 414 g/mol. The fourth-order valence-corrected chi connectivity index (χ4v) is 4.22. The quantitative estimate of drug-likeness (QED) is 0.632. The number of benzene rings is 2. The first-order chi connectivity index (χ1) is 13.7. The Labute approximate surface area is 169 Å². The molecular weight excluding hydrogens is 392 g/mol. The Morgan fingerprint density at radius 3 is 2.24 bits per heavy atom. The Hall–Kier alpha value is -2.97. The maximum Gasteiger partial charge on any atom is 0.335 e. The summed E-state index contributed by atoms with van der Waals surface area (Å²) in [5.74, 6) is -0.632. The Kier molecular flexibility index (Phi) is 5.86. The van der Waals surface area contributed by atoms with Crippen LogP contribution < -0.4 is 0 Å². The molecule has 0 fully saturated rings. The Morgan fingerprint density at radius 2 is 1.69 bits per heavy atom. The van der Waals surface area contributed by atoms with E-state index in [9.17, 15) is 13.2 Å². The Morgan fingerprint density at radius 1 is 1.07 bits per heavy atom. The minimum atomic E-state index is -3.58. The highest BCUT2D eigenvalue weighted by atomic mass is 32.2. The summed E-state index contributed by atoms with van der Waals surface area (Å²) in [5.41, 5.74) is 2.09. The molecule has 0 saturated carbocycles. The summed E-state index contributed by atoms with van der Waals surface area (Å²) in [5, 5.41) is 8.98. The number of oxazole rings is 1. The van der Waals surface area contributed by atoms with E-state index in [4.69, 9.17) is 9.52 Å². The smallest absolute Gasteiger partial charge is 0.335 e. The van der Waals surface area contributed by atoms with E-state index in [-0.39, 0.29) is 22.1 Å². The maximum absolute atomic E-state index is 12.8. The normalized spacial score (nSPS) is 11.7. The van der Waals surface area contributed by atoms with Crippen molar-refractivity contribution in [2.45, 2.75) is 24.1 Å². The predicted molar refractivity (Wildman–Crippen MR) is 108 cm³/mol. The molecule has 0 aliphatic rings. The third-order valence-electron chi connectivity index (χ3n) is 4.38. The van der Waals surface area contributed by atoms with Crippen LogP contribution in [0.2, 0.25) is 0 Å². The predicted octanol–water partition coefficient (Wildman–Crippen LogP) is 3.38. The summed E-state index contributed by atoms with van der Waals surface area (Å²) in [6.07, 6.45) is 0. The van der Waals surface area contributed by atoms with E-state index >= 15 is 0 Å². The topological polar surface area (TPSA) is 101 Å². The van der Waals surface area contributed by atoms with Crippen LogP contribution >= 0.6 is 0 Å². The van der Waals surface area contributed by atoms with Crippen molar-refractivity contribution in [1.29, 1.82) is 0 Å². The molecular formula is C21H22N2O5S. The van der Waals surface area contributed by atoms with E-state index in [0.717, 1.165) is 12.1 Å². The summed E-state index contributed by atoms with van der Waals surface area (Å²) in [4.78, 5) is 17.5. The van der Waals surface area contributed by atoms with Crippen LogP contribution in [0.4, 0.5) is 0 Å². The van der Waals surface area contributed by atoms with Gasteiger partial charge in [-0.15, -0.1) is 0 Å². The largest absolute Gasteiger partial charge is 0.478 e. The van der Waals surface area contributed by atoms with Crippen LogP contribution in [0.1, 0.15) is 27.4 Å². The van der Waals surface area contributed by atoms with Crippen molar-refractivity contribution in [3.05, 3.63) is 71.1 Å². The van der Waals surface area contributed by atoms with Gasteiger partial charge in [0.25, 0.3) is 0 Å². The highest BCUT2D eigenvalue weighted by Crippen LogP contribution is 2.25. The number of rotatable bonds is 7. The van der Waals surface area contributed by atoms with Gasteiger partial charge in [0, 0.05) is 12.1 Å². The summed E-state index contributed by atoms with van der Waals surface area (Å²) in [6, 6.07) is 12.9. The van der Waals surface area contributed by atoms with Gasteiger partial charge < -0.3 is 14.4 Å². The number of sulfone groups is 1. The second-order valence-corrected chi connectivity index (χ2v) is 9.03. The molecule has 0 amide bonds. The summed E-state index contributed by atoms with van der Waals surface area (Å²) in [6.45, 7) is 2.39. The summed E-state index contributed by atoms with van der Waals surface area (Å²) >= 11 is 0. The minimum absolute atomic E-state index is 0.151.